The van der Waals surface area contributed by atoms with Crippen molar-refractivity contribution in [3.05, 3.63) is 35.4 Å². The number of hydrogen-bond acceptors (Lipinski definition) is 6. The molecule has 0 radical (unpaired) electrons. The number of rotatable bonds is 13. The van der Waals surface area contributed by atoms with E-state index in [-0.39, 0.29) is 31.7 Å². The first-order valence-corrected chi connectivity index (χ1v) is 14.1. The fourth-order valence-electron chi connectivity index (χ4n) is 4.95. The van der Waals surface area contributed by atoms with E-state index in [0.29, 0.717) is 36.8 Å². The summed E-state index contributed by atoms with van der Waals surface area (Å²) in [5.41, 5.74) is -0.755. The standard InChI is InChI=1S/C31H45N3O7/c1-7-20-14-16-21(17-15-20)26(31(5,6)41)33-28(39)23-18-22(35)19-34(23)29(40)27(30(2,3)4)32-24(36)12-10-8-9-11-13-25(37)38/h1,14-17,22-23,26-27,35,41H,8-13,18-19H2,2-6H3,(H,32,36)(H,33,39)(H,37,38)/t22-,23+,26+,27?/m1/s1. The summed E-state index contributed by atoms with van der Waals surface area (Å²) >= 11 is 0. The van der Waals surface area contributed by atoms with Gasteiger partial charge >= 0.3 is 5.97 Å². The number of aliphatic carboxylic acids is 1. The van der Waals surface area contributed by atoms with Crippen LogP contribution in [0.25, 0.3) is 0 Å². The molecule has 0 spiro atoms. The third-order valence-corrected chi connectivity index (χ3v) is 7.23. The van der Waals surface area contributed by atoms with Crippen molar-refractivity contribution in [1.82, 2.24) is 15.5 Å². The first-order valence-electron chi connectivity index (χ1n) is 14.1. The van der Waals surface area contributed by atoms with Crippen LogP contribution in [0, 0.1) is 17.8 Å². The summed E-state index contributed by atoms with van der Waals surface area (Å²) in [5.74, 6) is 0.378. The van der Waals surface area contributed by atoms with E-state index in [1.807, 2.05) is 20.8 Å². The third kappa shape index (κ3) is 10.2. The van der Waals surface area contributed by atoms with Crippen LogP contribution in [0.4, 0.5) is 0 Å². The Balaban J connectivity index is 2.15. The van der Waals surface area contributed by atoms with Crippen molar-refractivity contribution in [1.29, 1.82) is 0 Å². The van der Waals surface area contributed by atoms with Gasteiger partial charge in [0.1, 0.15) is 12.1 Å². The molecule has 1 fully saturated rings. The molecule has 2 rings (SSSR count). The van der Waals surface area contributed by atoms with E-state index in [4.69, 9.17) is 11.5 Å². The third-order valence-electron chi connectivity index (χ3n) is 7.23. The largest absolute Gasteiger partial charge is 0.481 e. The van der Waals surface area contributed by atoms with Crippen molar-refractivity contribution < 1.29 is 34.5 Å². The molecule has 1 aromatic rings. The van der Waals surface area contributed by atoms with Crippen molar-refractivity contribution in [2.24, 2.45) is 5.41 Å². The molecule has 1 aromatic carbocycles. The van der Waals surface area contributed by atoms with E-state index in [2.05, 4.69) is 16.6 Å². The number of carboxylic acid groups (broad SMARTS) is 1. The molecule has 10 nitrogen and oxygen atoms in total. The average molecular weight is 572 g/mol. The molecule has 0 aliphatic carbocycles. The van der Waals surface area contributed by atoms with Crippen molar-refractivity contribution in [2.45, 2.75) is 109 Å². The van der Waals surface area contributed by atoms with Gasteiger partial charge in [0, 0.05) is 31.4 Å². The summed E-state index contributed by atoms with van der Waals surface area (Å²) < 4.78 is 0. The van der Waals surface area contributed by atoms with E-state index >= 15 is 0 Å². The summed E-state index contributed by atoms with van der Waals surface area (Å²) in [4.78, 5) is 52.0. The minimum absolute atomic E-state index is 0.0212. The number of unbranched alkanes of at least 4 members (excludes halogenated alkanes) is 3. The quantitative estimate of drug-likeness (QED) is 0.180. The summed E-state index contributed by atoms with van der Waals surface area (Å²) in [5, 5.41) is 35.7. The lowest BCUT2D eigenvalue weighted by molar-refractivity contribution is -0.144. The molecule has 0 bridgehead atoms. The number of carbonyl (C=O) groups excluding carboxylic acids is 3. The van der Waals surface area contributed by atoms with Crippen molar-refractivity contribution in [2.75, 3.05) is 6.54 Å². The van der Waals surface area contributed by atoms with Gasteiger partial charge in [0.15, 0.2) is 0 Å². The molecule has 0 saturated carbocycles. The lowest BCUT2D eigenvalue weighted by Crippen LogP contribution is -2.58. The van der Waals surface area contributed by atoms with Gasteiger partial charge in [-0.3, -0.25) is 19.2 Å². The number of carboxylic acids is 1. The number of nitrogens with zero attached hydrogens (tertiary/aromatic N) is 1. The predicted molar refractivity (Wildman–Crippen MR) is 154 cm³/mol. The van der Waals surface area contributed by atoms with E-state index in [9.17, 15) is 29.4 Å². The molecule has 4 atom stereocenters. The van der Waals surface area contributed by atoms with Crippen LogP contribution in [0.2, 0.25) is 0 Å². The van der Waals surface area contributed by atoms with Gasteiger partial charge in [0.2, 0.25) is 17.7 Å². The second-order valence-electron chi connectivity index (χ2n) is 12.4. The monoisotopic (exact) mass is 571 g/mol. The highest BCUT2D eigenvalue weighted by Gasteiger charge is 2.45. The first kappa shape index (κ1) is 33.8. The highest BCUT2D eigenvalue weighted by Crippen LogP contribution is 2.29. The number of β-amino-alcohol motifs (C(OH)–C–C–N with tert-alkyl or cyclic N) is 1. The zero-order chi connectivity index (χ0) is 31.0. The molecule has 5 N–H and O–H groups in total. The molecule has 10 heteroatoms. The molecule has 1 aliphatic heterocycles. The van der Waals surface area contributed by atoms with E-state index in [0.717, 1.165) is 0 Å². The number of amides is 3. The Kier molecular flexibility index (Phi) is 11.9. The molecule has 41 heavy (non-hydrogen) atoms. The van der Waals surface area contributed by atoms with Crippen molar-refractivity contribution in [3.8, 4) is 12.3 Å². The second-order valence-corrected chi connectivity index (χ2v) is 12.4. The Bertz CT molecular complexity index is 1110. The first-order chi connectivity index (χ1) is 19.0. The van der Waals surface area contributed by atoms with Gasteiger partial charge in [0.05, 0.1) is 17.7 Å². The Morgan fingerprint density at radius 3 is 2.10 bits per heavy atom. The molecule has 1 heterocycles. The Morgan fingerprint density at radius 2 is 1.59 bits per heavy atom. The Labute approximate surface area is 242 Å². The molecular formula is C31H45N3O7. The zero-order valence-corrected chi connectivity index (χ0v) is 24.8. The van der Waals surface area contributed by atoms with Crippen LogP contribution in [-0.4, -0.2) is 74.2 Å². The minimum atomic E-state index is -1.35. The van der Waals surface area contributed by atoms with Crippen molar-refractivity contribution >= 4 is 23.7 Å². The molecule has 1 saturated heterocycles. The maximum atomic E-state index is 13.8. The van der Waals surface area contributed by atoms with Crippen molar-refractivity contribution in [3.63, 3.8) is 0 Å². The van der Waals surface area contributed by atoms with Gasteiger partial charge in [-0.15, -0.1) is 6.42 Å². The number of hydrogen-bond donors (Lipinski definition) is 5. The highest BCUT2D eigenvalue weighted by atomic mass is 16.4. The van der Waals surface area contributed by atoms with E-state index in [1.165, 1.54) is 4.90 Å². The van der Waals surface area contributed by atoms with Crippen LogP contribution in [-0.2, 0) is 19.2 Å². The number of likely N-dealkylation sites (tertiary alicyclic amines) is 1. The molecule has 1 aliphatic rings. The van der Waals surface area contributed by atoms with Gasteiger partial charge in [-0.25, -0.2) is 0 Å². The number of nitrogens with one attached hydrogen (secondary N) is 2. The van der Waals surface area contributed by atoms with Gasteiger partial charge in [-0.05, 0) is 49.8 Å². The van der Waals surface area contributed by atoms with Crippen LogP contribution >= 0.6 is 0 Å². The summed E-state index contributed by atoms with van der Waals surface area (Å²) in [6, 6.07) is 4.12. The second kappa shape index (κ2) is 14.5. The van der Waals surface area contributed by atoms with Crippen LogP contribution < -0.4 is 10.6 Å². The molecule has 226 valence electrons. The minimum Gasteiger partial charge on any atom is -0.481 e. The van der Waals surface area contributed by atoms with Gasteiger partial charge in [-0.1, -0.05) is 51.7 Å². The SMILES string of the molecule is C#Cc1ccc([C@H](NC(=O)[C@@H]2C[C@@H](O)CN2C(=O)C(NC(=O)CCCCCCC(=O)O)C(C)(C)C)C(C)(C)O)cc1. The number of carbonyl (C=O) groups is 4. The Morgan fingerprint density at radius 1 is 1.00 bits per heavy atom. The average Bonchev–Trinajstić information content (AvgIpc) is 3.27. The molecule has 3 amide bonds. The number of benzene rings is 1. The normalized spacial score (nSPS) is 18.7. The summed E-state index contributed by atoms with van der Waals surface area (Å²) in [6.07, 6.45) is 7.32. The maximum absolute atomic E-state index is 13.8. The fraction of sp³-hybridized carbons (Fsp3) is 0.613. The zero-order valence-electron chi connectivity index (χ0n) is 24.8. The van der Waals surface area contributed by atoms with E-state index in [1.54, 1.807) is 38.1 Å². The summed E-state index contributed by atoms with van der Waals surface area (Å²) in [6.45, 7) is 8.51. The van der Waals surface area contributed by atoms with Crippen LogP contribution in [0.3, 0.4) is 0 Å². The smallest absolute Gasteiger partial charge is 0.303 e. The van der Waals surface area contributed by atoms with Crippen LogP contribution in [0.15, 0.2) is 24.3 Å². The Hall–Kier alpha value is -3.42. The lowest BCUT2D eigenvalue weighted by Gasteiger charge is -2.36. The summed E-state index contributed by atoms with van der Waals surface area (Å²) in [7, 11) is 0. The molecular weight excluding hydrogens is 526 g/mol. The van der Waals surface area contributed by atoms with E-state index < -0.39 is 53.0 Å². The number of aliphatic hydroxyl groups is 2. The lowest BCUT2D eigenvalue weighted by atomic mass is 9.85. The predicted octanol–water partition coefficient (Wildman–Crippen LogP) is 2.51. The molecule has 1 unspecified atom stereocenters. The van der Waals surface area contributed by atoms with Gasteiger partial charge in [-0.2, -0.15) is 0 Å². The van der Waals surface area contributed by atoms with Gasteiger partial charge in [0.25, 0.3) is 0 Å². The highest BCUT2D eigenvalue weighted by molar-refractivity contribution is 5.93. The molecule has 0 aromatic heterocycles. The number of terminal acetylenes is 1. The van der Waals surface area contributed by atoms with Gasteiger partial charge < -0.3 is 30.9 Å². The maximum Gasteiger partial charge on any atom is 0.303 e. The van der Waals surface area contributed by atoms with Crippen LogP contribution in [0.1, 0.15) is 96.7 Å². The fourth-order valence-corrected chi connectivity index (χ4v) is 4.95. The topological polar surface area (TPSA) is 156 Å². The number of aliphatic hydroxyl groups excluding tert-OH is 1. The van der Waals surface area contributed by atoms with Crippen LogP contribution in [0.5, 0.6) is 0 Å².